The first-order chi connectivity index (χ1) is 13.5. The van der Waals surface area contributed by atoms with Gasteiger partial charge >= 0.3 is 0 Å². The average molecular weight is 408 g/mol. The number of carbonyl (C=O) groups is 2. The zero-order chi connectivity index (χ0) is 21.0. The van der Waals surface area contributed by atoms with Crippen molar-refractivity contribution in [1.82, 2.24) is 19.6 Å². The highest BCUT2D eigenvalue weighted by atomic mass is 19.3. The number of nitrogens with zero attached hydrogens (tertiary/aromatic N) is 4. The van der Waals surface area contributed by atoms with Crippen LogP contribution in [0, 0.1) is 17.8 Å². The van der Waals surface area contributed by atoms with E-state index in [9.17, 15) is 18.4 Å². The Bertz CT molecular complexity index is 833. The second kappa shape index (κ2) is 6.77. The fourth-order valence-corrected chi connectivity index (χ4v) is 5.38. The van der Waals surface area contributed by atoms with E-state index in [2.05, 4.69) is 5.10 Å². The lowest BCUT2D eigenvalue weighted by Gasteiger charge is -2.51. The Morgan fingerprint density at radius 1 is 1.21 bits per heavy atom. The van der Waals surface area contributed by atoms with E-state index in [1.807, 2.05) is 27.0 Å². The second-order valence-electron chi connectivity index (χ2n) is 9.62. The quantitative estimate of drug-likeness (QED) is 0.773. The summed E-state index contributed by atoms with van der Waals surface area (Å²) in [5.41, 5.74) is 0.00328. The molecule has 2 saturated heterocycles. The summed E-state index contributed by atoms with van der Waals surface area (Å²) < 4.78 is 31.3. The van der Waals surface area contributed by atoms with Crippen molar-refractivity contribution in [2.24, 2.45) is 17.9 Å². The minimum absolute atomic E-state index is 0.108. The number of piperidine rings is 2. The number of hydrogen-bond donors (Lipinski definition) is 0. The molecule has 0 N–H and O–H groups in total. The van der Waals surface area contributed by atoms with E-state index in [0.717, 1.165) is 30.7 Å². The summed E-state index contributed by atoms with van der Waals surface area (Å²) in [6, 6.07) is 1.91. The summed E-state index contributed by atoms with van der Waals surface area (Å²) in [5.74, 6) is -3.51. The highest BCUT2D eigenvalue weighted by Gasteiger charge is 2.57. The Balaban J connectivity index is 1.58. The van der Waals surface area contributed by atoms with E-state index in [4.69, 9.17) is 0 Å². The van der Waals surface area contributed by atoms with Crippen molar-refractivity contribution in [3.8, 4) is 0 Å². The molecule has 4 rings (SSSR count). The minimum Gasteiger partial charge on any atom is -0.336 e. The lowest BCUT2D eigenvalue weighted by molar-refractivity contribution is -0.180. The lowest BCUT2D eigenvalue weighted by atomic mass is 9.67. The maximum atomic E-state index is 14.8. The Kier molecular flexibility index (Phi) is 4.74. The lowest BCUT2D eigenvalue weighted by Crippen LogP contribution is -2.63. The highest BCUT2D eigenvalue weighted by Crippen LogP contribution is 2.48. The van der Waals surface area contributed by atoms with E-state index in [0.29, 0.717) is 25.9 Å². The molecule has 1 aromatic heterocycles. The molecule has 1 saturated carbocycles. The number of aryl methyl sites for hydroxylation is 2. The van der Waals surface area contributed by atoms with Crippen molar-refractivity contribution in [2.75, 3.05) is 19.6 Å². The Hall–Kier alpha value is -1.99. The van der Waals surface area contributed by atoms with E-state index in [1.54, 1.807) is 9.58 Å². The monoisotopic (exact) mass is 408 g/mol. The number of amides is 2. The van der Waals surface area contributed by atoms with Gasteiger partial charge in [0.25, 0.3) is 5.92 Å². The van der Waals surface area contributed by atoms with E-state index >= 15 is 0 Å². The van der Waals surface area contributed by atoms with Crippen LogP contribution in [-0.4, -0.2) is 57.0 Å². The molecule has 1 aromatic rings. The molecule has 0 aromatic carbocycles. The fourth-order valence-electron chi connectivity index (χ4n) is 5.38. The molecule has 0 radical (unpaired) electrons. The van der Waals surface area contributed by atoms with Crippen molar-refractivity contribution in [3.63, 3.8) is 0 Å². The first-order valence-electron chi connectivity index (χ1n) is 10.5. The van der Waals surface area contributed by atoms with Crippen molar-refractivity contribution in [1.29, 1.82) is 0 Å². The Labute approximate surface area is 170 Å². The molecule has 29 heavy (non-hydrogen) atoms. The van der Waals surface area contributed by atoms with Crippen molar-refractivity contribution < 1.29 is 18.4 Å². The van der Waals surface area contributed by atoms with Gasteiger partial charge in [0.2, 0.25) is 11.8 Å². The summed E-state index contributed by atoms with van der Waals surface area (Å²) in [5, 5.41) is 4.31. The number of alkyl halides is 2. The smallest absolute Gasteiger partial charge is 0.266 e. The molecule has 3 fully saturated rings. The molecule has 0 unspecified atom stereocenters. The maximum absolute atomic E-state index is 14.8. The minimum atomic E-state index is -3.05. The molecule has 3 heterocycles. The normalized spacial score (nSPS) is 28.5. The topological polar surface area (TPSA) is 58.4 Å². The maximum Gasteiger partial charge on any atom is 0.266 e. The molecule has 3 aliphatic rings. The van der Waals surface area contributed by atoms with Gasteiger partial charge in [-0.15, -0.1) is 0 Å². The summed E-state index contributed by atoms with van der Waals surface area (Å²) in [6.45, 7) is 4.18. The largest absolute Gasteiger partial charge is 0.336 e. The van der Waals surface area contributed by atoms with Gasteiger partial charge in [0.05, 0.1) is 29.9 Å². The third kappa shape index (κ3) is 3.55. The predicted molar refractivity (Wildman–Crippen MR) is 103 cm³/mol. The summed E-state index contributed by atoms with van der Waals surface area (Å²) >= 11 is 0. The number of rotatable bonds is 3. The number of carbonyl (C=O) groups excluding carboxylic acids is 2. The van der Waals surface area contributed by atoms with Crippen LogP contribution in [0.2, 0.25) is 0 Å². The zero-order valence-corrected chi connectivity index (χ0v) is 17.5. The van der Waals surface area contributed by atoms with Crippen LogP contribution in [0.4, 0.5) is 8.78 Å². The van der Waals surface area contributed by atoms with Crippen LogP contribution in [0.15, 0.2) is 6.07 Å². The van der Waals surface area contributed by atoms with Crippen LogP contribution in [0.1, 0.15) is 56.8 Å². The van der Waals surface area contributed by atoms with Gasteiger partial charge in [0.15, 0.2) is 0 Å². The molecule has 6 nitrogen and oxygen atoms in total. The van der Waals surface area contributed by atoms with Crippen LogP contribution in [-0.2, 0) is 23.2 Å². The number of aromatic nitrogens is 2. The number of hydrogen-bond acceptors (Lipinski definition) is 3. The highest BCUT2D eigenvalue weighted by molar-refractivity contribution is 5.87. The summed E-state index contributed by atoms with van der Waals surface area (Å²) in [4.78, 5) is 29.4. The number of halogens is 2. The third-order valence-corrected chi connectivity index (χ3v) is 7.05. The fraction of sp³-hybridized carbons (Fsp3) is 0.762. The van der Waals surface area contributed by atoms with Crippen LogP contribution in [0.25, 0.3) is 0 Å². The molecule has 0 bridgehead atoms. The first kappa shape index (κ1) is 20.3. The van der Waals surface area contributed by atoms with Crippen LogP contribution < -0.4 is 0 Å². The van der Waals surface area contributed by atoms with Crippen molar-refractivity contribution in [3.05, 3.63) is 17.5 Å². The van der Waals surface area contributed by atoms with Crippen LogP contribution >= 0.6 is 0 Å². The van der Waals surface area contributed by atoms with Crippen molar-refractivity contribution >= 4 is 11.8 Å². The van der Waals surface area contributed by atoms with Gasteiger partial charge in [-0.05, 0) is 38.7 Å². The van der Waals surface area contributed by atoms with E-state index in [1.165, 1.54) is 4.90 Å². The van der Waals surface area contributed by atoms with Gasteiger partial charge < -0.3 is 9.80 Å². The molecular formula is C21H30F2N4O2. The molecule has 2 aliphatic heterocycles. The molecule has 160 valence electrons. The summed E-state index contributed by atoms with van der Waals surface area (Å²) in [6.07, 6.45) is 3.02. The summed E-state index contributed by atoms with van der Waals surface area (Å²) in [7, 11) is 1.82. The Morgan fingerprint density at radius 3 is 2.52 bits per heavy atom. The van der Waals surface area contributed by atoms with Crippen LogP contribution in [0.5, 0.6) is 0 Å². The molecular weight excluding hydrogens is 378 g/mol. The molecule has 1 aliphatic carbocycles. The molecule has 8 heteroatoms. The van der Waals surface area contributed by atoms with Gasteiger partial charge in [-0.25, -0.2) is 8.78 Å². The van der Waals surface area contributed by atoms with E-state index < -0.39 is 29.7 Å². The average Bonchev–Trinajstić information content (AvgIpc) is 2.92. The van der Waals surface area contributed by atoms with Gasteiger partial charge in [-0.3, -0.25) is 14.3 Å². The van der Waals surface area contributed by atoms with Gasteiger partial charge in [-0.2, -0.15) is 5.10 Å². The van der Waals surface area contributed by atoms with Gasteiger partial charge in [0, 0.05) is 32.0 Å². The predicted octanol–water partition coefficient (Wildman–Crippen LogP) is 2.90. The van der Waals surface area contributed by atoms with Crippen molar-refractivity contribution in [2.45, 2.75) is 64.8 Å². The Morgan fingerprint density at radius 2 is 1.93 bits per heavy atom. The molecule has 2 amide bonds. The molecule has 1 spiro atoms. The van der Waals surface area contributed by atoms with Gasteiger partial charge in [-0.1, -0.05) is 13.3 Å². The number of likely N-dealkylation sites (tertiary alicyclic amines) is 2. The second-order valence-corrected chi connectivity index (χ2v) is 9.62. The third-order valence-electron chi connectivity index (χ3n) is 7.05. The van der Waals surface area contributed by atoms with Crippen LogP contribution in [0.3, 0.4) is 0 Å². The SMILES string of the molecule is Cc1cc(CN2CCC[C@@]3(CN(C(=O)C4(C)CCC4)CC(F)(F)C3)C2=O)n(C)n1. The standard InChI is InChI=1S/C21H30F2N4O2/c1-15-10-16(25(3)24-15)11-26-9-5-8-20(18(26)29)12-21(22,23)14-27(13-20)17(28)19(2)6-4-7-19/h10H,4-9,11-14H2,1-3H3/t20-/m1/s1. The molecule has 1 atom stereocenters. The first-order valence-corrected chi connectivity index (χ1v) is 10.5. The zero-order valence-electron chi connectivity index (χ0n) is 17.5. The van der Waals surface area contributed by atoms with Gasteiger partial charge in [0.1, 0.15) is 0 Å². The van der Waals surface area contributed by atoms with E-state index in [-0.39, 0.29) is 18.4 Å².